The summed E-state index contributed by atoms with van der Waals surface area (Å²) in [4.78, 5) is 16.3. The van der Waals surface area contributed by atoms with Crippen molar-refractivity contribution in [2.24, 2.45) is 0 Å². The number of hydrogen-bond acceptors (Lipinski definition) is 5. The number of hydrogen-bond donors (Lipinski definition) is 1. The van der Waals surface area contributed by atoms with Crippen molar-refractivity contribution < 1.29 is 14.3 Å². The van der Waals surface area contributed by atoms with Gasteiger partial charge in [-0.15, -0.1) is 0 Å². The maximum absolute atomic E-state index is 11.9. The maximum atomic E-state index is 11.9. The molecule has 0 amide bonds. The lowest BCUT2D eigenvalue weighted by atomic mass is 10.1. The van der Waals surface area contributed by atoms with Crippen LogP contribution in [0.2, 0.25) is 0 Å². The topological polar surface area (TPSA) is 60.5 Å². The standard InChI is InChI=1S/C19H18N2O3/c1-3-24-17-11-7-6-10-16(17)21-18-14-9-5-4-8-13(14)15(12-20-18)19(22)23-2/h4-12H,3H2,1-2H3,(H,20,21). The zero-order chi connectivity index (χ0) is 16.9. The Morgan fingerprint density at radius 2 is 1.79 bits per heavy atom. The minimum atomic E-state index is -0.403. The van der Waals surface area contributed by atoms with Crippen molar-refractivity contribution >= 4 is 28.2 Å². The third-order valence-electron chi connectivity index (χ3n) is 3.64. The van der Waals surface area contributed by atoms with Crippen molar-refractivity contribution in [3.8, 4) is 5.75 Å². The van der Waals surface area contributed by atoms with Crippen LogP contribution < -0.4 is 10.1 Å². The first-order valence-electron chi connectivity index (χ1n) is 7.69. The van der Waals surface area contributed by atoms with E-state index in [-0.39, 0.29) is 0 Å². The second-order valence-corrected chi connectivity index (χ2v) is 5.11. The van der Waals surface area contributed by atoms with Crippen molar-refractivity contribution in [2.45, 2.75) is 6.92 Å². The lowest BCUT2D eigenvalue weighted by Crippen LogP contribution is -2.05. The Morgan fingerprint density at radius 1 is 1.08 bits per heavy atom. The number of esters is 1. The second-order valence-electron chi connectivity index (χ2n) is 5.11. The first-order valence-corrected chi connectivity index (χ1v) is 7.69. The van der Waals surface area contributed by atoms with E-state index in [9.17, 15) is 4.79 Å². The van der Waals surface area contributed by atoms with Crippen LogP contribution in [0.25, 0.3) is 10.8 Å². The van der Waals surface area contributed by atoms with Crippen LogP contribution in [0, 0.1) is 0 Å². The van der Waals surface area contributed by atoms with Gasteiger partial charge in [0.15, 0.2) is 0 Å². The largest absolute Gasteiger partial charge is 0.492 e. The molecule has 0 bridgehead atoms. The maximum Gasteiger partial charge on any atom is 0.340 e. The molecule has 5 nitrogen and oxygen atoms in total. The number of carbonyl (C=O) groups is 1. The van der Waals surface area contributed by atoms with E-state index >= 15 is 0 Å². The Balaban J connectivity index is 2.07. The van der Waals surface area contributed by atoms with Crippen LogP contribution in [0.15, 0.2) is 54.7 Å². The molecule has 0 saturated heterocycles. The number of methoxy groups -OCH3 is 1. The van der Waals surface area contributed by atoms with Crippen molar-refractivity contribution in [1.82, 2.24) is 4.98 Å². The van der Waals surface area contributed by atoms with Gasteiger partial charge in [-0.05, 0) is 19.1 Å². The van der Waals surface area contributed by atoms with E-state index in [1.807, 2.05) is 55.5 Å². The Labute approximate surface area is 140 Å². The number of carbonyl (C=O) groups excluding carboxylic acids is 1. The molecular weight excluding hydrogens is 304 g/mol. The Kier molecular flexibility index (Phi) is 4.61. The van der Waals surface area contributed by atoms with Gasteiger partial charge in [0.05, 0.1) is 25.0 Å². The smallest absolute Gasteiger partial charge is 0.340 e. The Hall–Kier alpha value is -3.08. The zero-order valence-electron chi connectivity index (χ0n) is 13.6. The average molecular weight is 322 g/mol. The molecular formula is C19H18N2O3. The first-order chi connectivity index (χ1) is 11.7. The minimum absolute atomic E-state index is 0.403. The molecule has 2 aromatic carbocycles. The van der Waals surface area contributed by atoms with Gasteiger partial charge in [0.2, 0.25) is 0 Å². The molecule has 0 unspecified atom stereocenters. The van der Waals surface area contributed by atoms with Gasteiger partial charge < -0.3 is 14.8 Å². The predicted molar refractivity (Wildman–Crippen MR) is 94.0 cm³/mol. The third-order valence-corrected chi connectivity index (χ3v) is 3.64. The molecule has 0 spiro atoms. The second kappa shape index (κ2) is 7.00. The third kappa shape index (κ3) is 3.01. The van der Waals surface area contributed by atoms with E-state index in [2.05, 4.69) is 10.3 Å². The number of benzene rings is 2. The van der Waals surface area contributed by atoms with E-state index in [1.165, 1.54) is 13.3 Å². The van der Waals surface area contributed by atoms with Gasteiger partial charge in [0.1, 0.15) is 11.6 Å². The molecule has 0 aliphatic heterocycles. The summed E-state index contributed by atoms with van der Waals surface area (Å²) in [6.45, 7) is 2.52. The van der Waals surface area contributed by atoms with Crippen molar-refractivity contribution in [2.75, 3.05) is 19.0 Å². The van der Waals surface area contributed by atoms with Crippen molar-refractivity contribution in [1.29, 1.82) is 0 Å². The summed E-state index contributed by atoms with van der Waals surface area (Å²) in [6.07, 6.45) is 1.53. The van der Waals surface area contributed by atoms with E-state index in [0.717, 1.165) is 22.2 Å². The number of rotatable bonds is 5. The first kappa shape index (κ1) is 15.8. The highest BCUT2D eigenvalue weighted by molar-refractivity contribution is 6.07. The van der Waals surface area contributed by atoms with Crippen LogP contribution in [-0.2, 0) is 4.74 Å². The summed E-state index contributed by atoms with van der Waals surface area (Å²) < 4.78 is 10.5. The summed E-state index contributed by atoms with van der Waals surface area (Å²) in [5, 5.41) is 4.92. The molecule has 0 fully saturated rings. The van der Waals surface area contributed by atoms with Crippen LogP contribution >= 0.6 is 0 Å². The molecule has 1 aromatic heterocycles. The number of ether oxygens (including phenoxy) is 2. The molecule has 1 heterocycles. The summed E-state index contributed by atoms with van der Waals surface area (Å²) >= 11 is 0. The SMILES string of the molecule is CCOc1ccccc1Nc1ncc(C(=O)OC)c2ccccc12. The van der Waals surface area contributed by atoms with Crippen molar-refractivity contribution in [3.05, 3.63) is 60.3 Å². The highest BCUT2D eigenvalue weighted by atomic mass is 16.5. The monoisotopic (exact) mass is 322 g/mol. The van der Waals surface area contributed by atoms with Gasteiger partial charge in [-0.2, -0.15) is 0 Å². The van der Waals surface area contributed by atoms with Gasteiger partial charge in [-0.25, -0.2) is 9.78 Å². The number of para-hydroxylation sites is 2. The lowest BCUT2D eigenvalue weighted by molar-refractivity contribution is 0.0602. The van der Waals surface area contributed by atoms with Gasteiger partial charge in [0, 0.05) is 17.0 Å². The van der Waals surface area contributed by atoms with E-state index in [0.29, 0.717) is 18.0 Å². The highest BCUT2D eigenvalue weighted by Crippen LogP contribution is 2.31. The quantitative estimate of drug-likeness (QED) is 0.715. The number of aromatic nitrogens is 1. The molecule has 122 valence electrons. The summed E-state index contributed by atoms with van der Waals surface area (Å²) in [5.41, 5.74) is 1.26. The number of anilines is 2. The summed E-state index contributed by atoms with van der Waals surface area (Å²) in [5.74, 6) is 1.01. The Bertz CT molecular complexity index is 877. The molecule has 0 aliphatic rings. The Morgan fingerprint density at radius 3 is 2.54 bits per heavy atom. The molecule has 0 saturated carbocycles. The molecule has 3 aromatic rings. The average Bonchev–Trinajstić information content (AvgIpc) is 2.63. The van der Waals surface area contributed by atoms with Crippen LogP contribution in [0.5, 0.6) is 5.75 Å². The fourth-order valence-corrected chi connectivity index (χ4v) is 2.54. The molecule has 0 radical (unpaired) electrons. The van der Waals surface area contributed by atoms with Crippen molar-refractivity contribution in [3.63, 3.8) is 0 Å². The number of fused-ring (bicyclic) bond motifs is 1. The summed E-state index contributed by atoms with van der Waals surface area (Å²) in [7, 11) is 1.36. The van der Waals surface area contributed by atoms with Gasteiger partial charge >= 0.3 is 5.97 Å². The van der Waals surface area contributed by atoms with Gasteiger partial charge in [0.25, 0.3) is 0 Å². The van der Waals surface area contributed by atoms with Gasteiger partial charge in [-0.1, -0.05) is 36.4 Å². The normalized spacial score (nSPS) is 10.4. The van der Waals surface area contributed by atoms with Gasteiger partial charge in [-0.3, -0.25) is 0 Å². The number of pyridine rings is 1. The van der Waals surface area contributed by atoms with Crippen LogP contribution in [0.1, 0.15) is 17.3 Å². The number of nitrogens with zero attached hydrogens (tertiary/aromatic N) is 1. The lowest BCUT2D eigenvalue weighted by Gasteiger charge is -2.14. The fourth-order valence-electron chi connectivity index (χ4n) is 2.54. The molecule has 5 heteroatoms. The number of nitrogens with one attached hydrogen (secondary N) is 1. The predicted octanol–water partition coefficient (Wildman–Crippen LogP) is 4.16. The molecule has 0 atom stereocenters. The zero-order valence-corrected chi connectivity index (χ0v) is 13.6. The van der Waals surface area contributed by atoms with Crippen LogP contribution in [0.3, 0.4) is 0 Å². The minimum Gasteiger partial charge on any atom is -0.492 e. The van der Waals surface area contributed by atoms with E-state index in [4.69, 9.17) is 9.47 Å². The molecule has 0 aliphatic carbocycles. The molecule has 3 rings (SSSR count). The van der Waals surface area contributed by atoms with Crippen LogP contribution in [0.4, 0.5) is 11.5 Å². The van der Waals surface area contributed by atoms with E-state index < -0.39 is 5.97 Å². The van der Waals surface area contributed by atoms with E-state index in [1.54, 1.807) is 0 Å². The summed E-state index contributed by atoms with van der Waals surface area (Å²) in [6, 6.07) is 15.3. The van der Waals surface area contributed by atoms with Crippen LogP contribution in [-0.4, -0.2) is 24.7 Å². The molecule has 24 heavy (non-hydrogen) atoms. The fraction of sp³-hybridized carbons (Fsp3) is 0.158. The molecule has 1 N–H and O–H groups in total. The highest BCUT2D eigenvalue weighted by Gasteiger charge is 2.14.